The van der Waals surface area contributed by atoms with Gasteiger partial charge in [-0.05, 0) is 35.9 Å². The molecule has 0 atom stereocenters. The molecule has 0 unspecified atom stereocenters. The number of rotatable bonds is 9. The lowest BCUT2D eigenvalue weighted by Gasteiger charge is -2.15. The van der Waals surface area contributed by atoms with Crippen molar-refractivity contribution in [3.63, 3.8) is 0 Å². The van der Waals surface area contributed by atoms with Crippen LogP contribution in [0.5, 0.6) is 5.75 Å². The van der Waals surface area contributed by atoms with Gasteiger partial charge in [-0.1, -0.05) is 42.5 Å². The predicted octanol–water partition coefficient (Wildman–Crippen LogP) is 5.05. The summed E-state index contributed by atoms with van der Waals surface area (Å²) in [6, 6.07) is 23.4. The van der Waals surface area contributed by atoms with Crippen LogP contribution in [-0.4, -0.2) is 33.0 Å². The Morgan fingerprint density at radius 1 is 0.935 bits per heavy atom. The van der Waals surface area contributed by atoms with E-state index in [1.807, 2.05) is 66.7 Å². The first-order valence-corrected chi connectivity index (χ1v) is 9.93. The van der Waals surface area contributed by atoms with Crippen LogP contribution in [-0.2, 0) is 9.47 Å². The highest BCUT2D eigenvalue weighted by Gasteiger charge is 2.17. The van der Waals surface area contributed by atoms with Crippen LogP contribution in [0.15, 0.2) is 77.2 Å². The van der Waals surface area contributed by atoms with Gasteiger partial charge < -0.3 is 24.4 Å². The van der Waals surface area contributed by atoms with Gasteiger partial charge in [-0.15, -0.1) is 0 Å². The van der Waals surface area contributed by atoms with Crippen molar-refractivity contribution in [1.29, 1.82) is 5.41 Å². The molecule has 6 nitrogen and oxygen atoms in total. The van der Waals surface area contributed by atoms with Gasteiger partial charge in [0, 0.05) is 23.6 Å². The molecule has 0 saturated heterocycles. The van der Waals surface area contributed by atoms with Gasteiger partial charge in [0.05, 0.1) is 18.8 Å². The SMILES string of the molecule is COCCOCOc1c(-c2ccccc2)cccc1-c1cc2cc(C(=N)N)ccc2o1. The second-order valence-corrected chi connectivity index (χ2v) is 6.99. The monoisotopic (exact) mass is 416 g/mol. The lowest BCUT2D eigenvalue weighted by molar-refractivity contribution is -0.00800. The fourth-order valence-electron chi connectivity index (χ4n) is 3.38. The number of methoxy groups -OCH3 is 1. The second-order valence-electron chi connectivity index (χ2n) is 6.99. The number of nitrogens with two attached hydrogens (primary N) is 1. The molecule has 0 spiro atoms. The molecule has 31 heavy (non-hydrogen) atoms. The smallest absolute Gasteiger partial charge is 0.189 e. The van der Waals surface area contributed by atoms with Crippen LogP contribution in [0.2, 0.25) is 0 Å². The number of furan rings is 1. The molecule has 3 N–H and O–H groups in total. The van der Waals surface area contributed by atoms with Crippen molar-refractivity contribution in [3.8, 4) is 28.2 Å². The summed E-state index contributed by atoms with van der Waals surface area (Å²) in [7, 11) is 1.63. The van der Waals surface area contributed by atoms with Crippen LogP contribution in [0, 0.1) is 5.41 Å². The number of fused-ring (bicyclic) bond motifs is 1. The van der Waals surface area contributed by atoms with E-state index in [2.05, 4.69) is 0 Å². The molecule has 0 amide bonds. The number of hydrogen-bond donors (Lipinski definition) is 2. The molecule has 0 aliphatic carbocycles. The molecular weight excluding hydrogens is 392 g/mol. The molecule has 6 heteroatoms. The van der Waals surface area contributed by atoms with Gasteiger partial charge in [-0.25, -0.2) is 0 Å². The maximum absolute atomic E-state index is 7.67. The summed E-state index contributed by atoms with van der Waals surface area (Å²) in [4.78, 5) is 0. The molecule has 3 aromatic carbocycles. The van der Waals surface area contributed by atoms with Crippen LogP contribution >= 0.6 is 0 Å². The van der Waals surface area contributed by atoms with E-state index in [1.165, 1.54) is 0 Å². The van der Waals surface area contributed by atoms with Crippen LogP contribution < -0.4 is 10.5 Å². The minimum absolute atomic E-state index is 0.0213. The second kappa shape index (κ2) is 9.47. The molecular formula is C25H24N2O4. The van der Waals surface area contributed by atoms with E-state index in [0.717, 1.165) is 22.1 Å². The van der Waals surface area contributed by atoms with Gasteiger partial charge in [0.15, 0.2) is 6.79 Å². The first-order chi connectivity index (χ1) is 15.2. The van der Waals surface area contributed by atoms with E-state index < -0.39 is 0 Å². The normalized spacial score (nSPS) is 11.0. The Hall–Kier alpha value is -3.61. The predicted molar refractivity (Wildman–Crippen MR) is 121 cm³/mol. The quantitative estimate of drug-likeness (QED) is 0.172. The first-order valence-electron chi connectivity index (χ1n) is 9.93. The Kier molecular flexibility index (Phi) is 6.31. The van der Waals surface area contributed by atoms with E-state index in [1.54, 1.807) is 13.2 Å². The molecule has 1 aromatic heterocycles. The van der Waals surface area contributed by atoms with Crippen molar-refractivity contribution < 1.29 is 18.6 Å². The van der Waals surface area contributed by atoms with Gasteiger partial charge in [-0.2, -0.15) is 0 Å². The highest BCUT2D eigenvalue weighted by Crippen LogP contribution is 2.41. The Bertz CT molecular complexity index is 1180. The molecule has 4 rings (SSSR count). The topological polar surface area (TPSA) is 90.7 Å². The van der Waals surface area contributed by atoms with Crippen LogP contribution in [0.4, 0.5) is 0 Å². The van der Waals surface area contributed by atoms with Crippen LogP contribution in [0.25, 0.3) is 33.4 Å². The number of amidine groups is 1. The standard InChI is InChI=1S/C25H24N2O4/c1-28-12-13-29-16-30-24-20(17-6-3-2-4-7-17)8-5-9-21(24)23-15-19-14-18(25(26)27)10-11-22(19)31-23/h2-11,14-15H,12-13,16H2,1H3,(H3,26,27). The largest absolute Gasteiger partial charge is 0.466 e. The third-order valence-electron chi connectivity index (χ3n) is 4.91. The van der Waals surface area contributed by atoms with Gasteiger partial charge in [0.25, 0.3) is 0 Å². The Labute approximate surface area is 180 Å². The third kappa shape index (κ3) is 4.60. The summed E-state index contributed by atoms with van der Waals surface area (Å²) in [5, 5.41) is 8.54. The van der Waals surface area contributed by atoms with Crippen molar-refractivity contribution in [2.75, 3.05) is 27.1 Å². The zero-order chi connectivity index (χ0) is 21.6. The van der Waals surface area contributed by atoms with E-state index in [4.69, 9.17) is 29.8 Å². The van der Waals surface area contributed by atoms with Crippen molar-refractivity contribution >= 4 is 16.8 Å². The molecule has 4 aromatic rings. The minimum Gasteiger partial charge on any atom is -0.466 e. The van der Waals surface area contributed by atoms with E-state index in [0.29, 0.717) is 35.9 Å². The summed E-state index contributed by atoms with van der Waals surface area (Å²) in [6.07, 6.45) is 0. The number of benzene rings is 3. The Morgan fingerprint density at radius 3 is 2.52 bits per heavy atom. The van der Waals surface area contributed by atoms with Crippen molar-refractivity contribution in [1.82, 2.24) is 0 Å². The first kappa shape index (κ1) is 20.7. The number of nitrogens with one attached hydrogen (secondary N) is 1. The zero-order valence-electron chi connectivity index (χ0n) is 17.3. The van der Waals surface area contributed by atoms with E-state index in [9.17, 15) is 0 Å². The molecule has 0 fully saturated rings. The highest BCUT2D eigenvalue weighted by atomic mass is 16.7. The van der Waals surface area contributed by atoms with Crippen LogP contribution in [0.1, 0.15) is 5.56 Å². The molecule has 158 valence electrons. The molecule has 1 heterocycles. The van der Waals surface area contributed by atoms with E-state index in [-0.39, 0.29) is 12.6 Å². The van der Waals surface area contributed by atoms with E-state index >= 15 is 0 Å². The van der Waals surface area contributed by atoms with Crippen LogP contribution in [0.3, 0.4) is 0 Å². The maximum atomic E-state index is 7.67. The molecule has 0 bridgehead atoms. The lowest BCUT2D eigenvalue weighted by Crippen LogP contribution is -2.10. The van der Waals surface area contributed by atoms with Gasteiger partial charge in [0.2, 0.25) is 0 Å². The summed E-state index contributed by atoms with van der Waals surface area (Å²) in [5.74, 6) is 1.37. The number of para-hydroxylation sites is 1. The summed E-state index contributed by atoms with van der Waals surface area (Å²) in [5.41, 5.74) is 9.79. The summed E-state index contributed by atoms with van der Waals surface area (Å²) in [6.45, 7) is 1.03. The number of nitrogen functional groups attached to an aromatic ring is 1. The maximum Gasteiger partial charge on any atom is 0.189 e. The lowest BCUT2D eigenvalue weighted by atomic mass is 10.00. The third-order valence-corrected chi connectivity index (χ3v) is 4.91. The van der Waals surface area contributed by atoms with Crippen molar-refractivity contribution in [2.45, 2.75) is 0 Å². The number of ether oxygens (including phenoxy) is 3. The Balaban J connectivity index is 1.75. The average Bonchev–Trinajstić information content (AvgIpc) is 3.22. The van der Waals surface area contributed by atoms with Gasteiger partial charge >= 0.3 is 0 Å². The Morgan fingerprint density at radius 2 is 1.74 bits per heavy atom. The molecule has 0 radical (unpaired) electrons. The fourth-order valence-corrected chi connectivity index (χ4v) is 3.38. The van der Waals surface area contributed by atoms with Gasteiger partial charge in [-0.3, -0.25) is 5.41 Å². The molecule has 0 saturated carbocycles. The molecule has 0 aliphatic heterocycles. The number of hydrogen-bond acceptors (Lipinski definition) is 5. The summed E-state index contributed by atoms with van der Waals surface area (Å²) < 4.78 is 22.8. The highest BCUT2D eigenvalue weighted by molar-refractivity contribution is 5.99. The van der Waals surface area contributed by atoms with Crippen molar-refractivity contribution in [3.05, 3.63) is 78.4 Å². The minimum atomic E-state index is 0.0213. The van der Waals surface area contributed by atoms with Gasteiger partial charge in [0.1, 0.15) is 22.9 Å². The summed E-state index contributed by atoms with van der Waals surface area (Å²) >= 11 is 0. The molecule has 0 aliphatic rings. The fraction of sp³-hybridized carbons (Fsp3) is 0.160. The zero-order valence-corrected chi connectivity index (χ0v) is 17.3. The average molecular weight is 416 g/mol. The van der Waals surface area contributed by atoms with Crippen molar-refractivity contribution in [2.24, 2.45) is 5.73 Å².